The van der Waals surface area contributed by atoms with E-state index < -0.39 is 21.8 Å². The van der Waals surface area contributed by atoms with Crippen LogP contribution in [0.25, 0.3) is 0 Å². The molecule has 7 nitrogen and oxygen atoms in total. The minimum Gasteiger partial charge on any atom is -0.467 e. The van der Waals surface area contributed by atoms with Gasteiger partial charge in [0, 0.05) is 32.8 Å². The summed E-state index contributed by atoms with van der Waals surface area (Å²) in [5, 5.41) is 0. The van der Waals surface area contributed by atoms with Crippen LogP contribution in [-0.2, 0) is 35.3 Å². The van der Waals surface area contributed by atoms with E-state index in [0.717, 1.165) is 11.8 Å². The van der Waals surface area contributed by atoms with Crippen LogP contribution < -0.4 is 0 Å². The number of methoxy groups -OCH3 is 2. The number of nitrogens with zero attached hydrogens (tertiary/aromatic N) is 1. The Bertz CT molecular complexity index is 728. The molecule has 0 spiro atoms. The van der Waals surface area contributed by atoms with Crippen LogP contribution in [0, 0.1) is 0 Å². The second-order valence-corrected chi connectivity index (χ2v) is 8.11. The van der Waals surface area contributed by atoms with Crippen LogP contribution in [0.15, 0.2) is 29.2 Å². The Balaban J connectivity index is 2.00. The van der Waals surface area contributed by atoms with E-state index >= 15 is 0 Å². The molecule has 0 unspecified atom stereocenters. The average Bonchev–Trinajstić information content (AvgIpc) is 3.03. The Morgan fingerprint density at radius 1 is 1.20 bits per heavy atom. The molecule has 0 aliphatic carbocycles. The van der Waals surface area contributed by atoms with Crippen LogP contribution in [-0.4, -0.2) is 64.4 Å². The Kier molecular flexibility index (Phi) is 6.18. The molecule has 2 atom stereocenters. The summed E-state index contributed by atoms with van der Waals surface area (Å²) >= 11 is 0. The van der Waals surface area contributed by atoms with E-state index in [-0.39, 0.29) is 23.3 Å². The summed E-state index contributed by atoms with van der Waals surface area (Å²) in [7, 11) is -0.381. The van der Waals surface area contributed by atoms with Gasteiger partial charge in [-0.25, -0.2) is 13.2 Å². The van der Waals surface area contributed by atoms with Gasteiger partial charge in [-0.3, -0.25) is 4.79 Å². The predicted molar refractivity (Wildman–Crippen MR) is 90.8 cm³/mol. The maximum atomic E-state index is 12.5. The van der Waals surface area contributed by atoms with E-state index in [9.17, 15) is 18.0 Å². The van der Waals surface area contributed by atoms with Gasteiger partial charge < -0.3 is 14.4 Å². The fourth-order valence-electron chi connectivity index (χ4n) is 2.90. The normalized spacial score (nSPS) is 20.5. The molecular weight excluding hydrogens is 346 g/mol. The van der Waals surface area contributed by atoms with Crippen molar-refractivity contribution in [3.05, 3.63) is 29.8 Å². The fourth-order valence-corrected chi connectivity index (χ4v) is 3.53. The van der Waals surface area contributed by atoms with E-state index in [4.69, 9.17) is 9.47 Å². The molecule has 1 fully saturated rings. The largest absolute Gasteiger partial charge is 0.467 e. The topological polar surface area (TPSA) is 90.0 Å². The Morgan fingerprint density at radius 3 is 2.36 bits per heavy atom. The molecule has 1 aromatic carbocycles. The second-order valence-electron chi connectivity index (χ2n) is 6.09. The van der Waals surface area contributed by atoms with Gasteiger partial charge in [-0.05, 0) is 24.1 Å². The zero-order valence-electron chi connectivity index (χ0n) is 14.6. The number of hydrogen-bond donors (Lipinski definition) is 0. The Morgan fingerprint density at radius 2 is 1.84 bits per heavy atom. The number of amides is 1. The molecule has 0 radical (unpaired) electrons. The van der Waals surface area contributed by atoms with E-state index in [0.29, 0.717) is 19.4 Å². The van der Waals surface area contributed by atoms with E-state index in [1.807, 2.05) is 0 Å². The molecule has 0 N–H and O–H groups in total. The number of aryl methyl sites for hydroxylation is 1. The number of carbonyl (C=O) groups is 2. The van der Waals surface area contributed by atoms with Gasteiger partial charge in [0.05, 0.1) is 18.1 Å². The van der Waals surface area contributed by atoms with Gasteiger partial charge in [0.25, 0.3) is 0 Å². The Labute approximate surface area is 147 Å². The van der Waals surface area contributed by atoms with Gasteiger partial charge in [-0.1, -0.05) is 12.1 Å². The molecule has 138 valence electrons. The summed E-state index contributed by atoms with van der Waals surface area (Å²) in [4.78, 5) is 26.1. The standard InChI is InChI=1S/C17H23NO6S/c1-23-13-10-15(17(20)24-2)18(11-13)16(19)9-6-12-4-7-14(8-5-12)25(3,21)22/h4-5,7-8,13,15H,6,9-11H2,1-3H3/t13-,15-/m0/s1. The molecule has 0 bridgehead atoms. The minimum atomic E-state index is -3.23. The van der Waals surface area contributed by atoms with Crippen molar-refractivity contribution in [2.24, 2.45) is 0 Å². The first-order valence-corrected chi connectivity index (χ1v) is 9.84. The van der Waals surface area contributed by atoms with Gasteiger partial charge in [0.2, 0.25) is 5.91 Å². The van der Waals surface area contributed by atoms with Gasteiger partial charge in [0.1, 0.15) is 6.04 Å². The van der Waals surface area contributed by atoms with Crippen LogP contribution >= 0.6 is 0 Å². The first-order chi connectivity index (χ1) is 11.8. The molecule has 1 aliphatic rings. The second kappa shape index (κ2) is 7.97. The van der Waals surface area contributed by atoms with E-state index in [1.165, 1.54) is 24.1 Å². The summed E-state index contributed by atoms with van der Waals surface area (Å²) in [5.41, 5.74) is 0.859. The third kappa shape index (κ3) is 4.79. The van der Waals surface area contributed by atoms with Crippen molar-refractivity contribution in [2.75, 3.05) is 27.0 Å². The molecule has 1 amide bonds. The number of esters is 1. The highest BCUT2D eigenvalue weighted by Gasteiger charge is 2.40. The summed E-state index contributed by atoms with van der Waals surface area (Å²) in [5.74, 6) is -0.590. The van der Waals surface area contributed by atoms with Crippen LogP contribution in [0.5, 0.6) is 0 Å². The van der Waals surface area contributed by atoms with Crippen molar-refractivity contribution in [3.63, 3.8) is 0 Å². The molecule has 8 heteroatoms. The van der Waals surface area contributed by atoms with Crippen LogP contribution in [0.4, 0.5) is 0 Å². The zero-order chi connectivity index (χ0) is 18.6. The lowest BCUT2D eigenvalue weighted by Gasteiger charge is -2.22. The zero-order valence-corrected chi connectivity index (χ0v) is 15.4. The van der Waals surface area contributed by atoms with Crippen LogP contribution in [0.1, 0.15) is 18.4 Å². The lowest BCUT2D eigenvalue weighted by atomic mass is 10.1. The number of sulfone groups is 1. The summed E-state index contributed by atoms with van der Waals surface area (Å²) in [6, 6.07) is 5.84. The monoisotopic (exact) mass is 369 g/mol. The third-order valence-corrected chi connectivity index (χ3v) is 5.50. The number of rotatable bonds is 6. The quantitative estimate of drug-likeness (QED) is 0.690. The van der Waals surface area contributed by atoms with Crippen molar-refractivity contribution in [1.29, 1.82) is 0 Å². The molecule has 1 saturated heterocycles. The Hall–Kier alpha value is -1.93. The summed E-state index contributed by atoms with van der Waals surface area (Å²) < 4.78 is 32.9. The van der Waals surface area contributed by atoms with Gasteiger partial charge in [-0.15, -0.1) is 0 Å². The highest BCUT2D eigenvalue weighted by atomic mass is 32.2. The number of ether oxygens (including phenoxy) is 2. The number of likely N-dealkylation sites (tertiary alicyclic amines) is 1. The predicted octanol–water partition coefficient (Wildman–Crippen LogP) is 0.812. The fraction of sp³-hybridized carbons (Fsp3) is 0.529. The number of hydrogen-bond acceptors (Lipinski definition) is 6. The van der Waals surface area contributed by atoms with E-state index in [2.05, 4.69) is 0 Å². The molecule has 2 rings (SSSR count). The van der Waals surface area contributed by atoms with Crippen LogP contribution in [0.3, 0.4) is 0 Å². The molecule has 1 aromatic rings. The third-order valence-electron chi connectivity index (χ3n) is 4.37. The van der Waals surface area contributed by atoms with Crippen LogP contribution in [0.2, 0.25) is 0 Å². The van der Waals surface area contributed by atoms with Crippen molar-refractivity contribution in [3.8, 4) is 0 Å². The average molecular weight is 369 g/mol. The molecule has 0 saturated carbocycles. The molecular formula is C17H23NO6S. The van der Waals surface area contributed by atoms with Gasteiger partial charge >= 0.3 is 5.97 Å². The van der Waals surface area contributed by atoms with Crippen molar-refractivity contribution in [2.45, 2.75) is 36.3 Å². The highest BCUT2D eigenvalue weighted by Crippen LogP contribution is 2.22. The first kappa shape index (κ1) is 19.4. The maximum absolute atomic E-state index is 12.5. The maximum Gasteiger partial charge on any atom is 0.328 e. The molecule has 0 aromatic heterocycles. The highest BCUT2D eigenvalue weighted by molar-refractivity contribution is 7.90. The van der Waals surface area contributed by atoms with Gasteiger partial charge in [0.15, 0.2) is 9.84 Å². The minimum absolute atomic E-state index is 0.151. The van der Waals surface area contributed by atoms with E-state index in [1.54, 1.807) is 19.2 Å². The summed E-state index contributed by atoms with van der Waals surface area (Å²) in [6.45, 7) is 0.363. The van der Waals surface area contributed by atoms with Gasteiger partial charge in [-0.2, -0.15) is 0 Å². The lowest BCUT2D eigenvalue weighted by molar-refractivity contribution is -0.150. The molecule has 25 heavy (non-hydrogen) atoms. The summed E-state index contributed by atoms with van der Waals surface area (Å²) in [6.07, 6.45) is 2.09. The number of benzene rings is 1. The lowest BCUT2D eigenvalue weighted by Crippen LogP contribution is -2.41. The number of carbonyl (C=O) groups excluding carboxylic acids is 2. The van der Waals surface area contributed by atoms with Crippen molar-refractivity contribution < 1.29 is 27.5 Å². The first-order valence-electron chi connectivity index (χ1n) is 7.95. The molecule has 1 heterocycles. The smallest absolute Gasteiger partial charge is 0.328 e. The molecule has 1 aliphatic heterocycles. The van der Waals surface area contributed by atoms with Crippen molar-refractivity contribution >= 4 is 21.7 Å². The van der Waals surface area contributed by atoms with Crippen molar-refractivity contribution in [1.82, 2.24) is 4.90 Å². The SMILES string of the molecule is COC(=O)[C@@H]1C[C@H](OC)CN1C(=O)CCc1ccc(S(C)(=O)=O)cc1.